The zero-order chi connectivity index (χ0) is 14.6. The molecule has 0 spiro atoms. The smallest absolute Gasteiger partial charge is 0.389 e. The van der Waals surface area contributed by atoms with Gasteiger partial charge in [-0.1, -0.05) is 12.1 Å². The van der Waals surface area contributed by atoms with Crippen molar-refractivity contribution in [3.8, 4) is 0 Å². The first-order chi connectivity index (χ1) is 8.72. The molecule has 0 aromatic heterocycles. The molecule has 0 aliphatic carbocycles. The van der Waals surface area contributed by atoms with Crippen LogP contribution in [-0.4, -0.2) is 30.2 Å². The Labute approximate surface area is 107 Å². The SMILES string of the molecule is CN(C(=O)CCC(F)(F)F)c1ccccc1C(=O)O. The van der Waals surface area contributed by atoms with Crippen LogP contribution in [0.2, 0.25) is 0 Å². The number of halogens is 3. The second-order valence-corrected chi connectivity index (χ2v) is 3.89. The van der Waals surface area contributed by atoms with Crippen LogP contribution in [0.3, 0.4) is 0 Å². The Bertz CT molecular complexity index is 485. The molecule has 0 aliphatic rings. The van der Waals surface area contributed by atoms with Crippen LogP contribution in [0.5, 0.6) is 0 Å². The molecule has 0 aliphatic heterocycles. The number of aromatic carboxylic acids is 1. The predicted molar refractivity (Wildman–Crippen MR) is 62.1 cm³/mol. The average Bonchev–Trinajstić information content (AvgIpc) is 2.34. The van der Waals surface area contributed by atoms with Crippen LogP contribution in [-0.2, 0) is 4.79 Å². The molecule has 0 unspecified atom stereocenters. The number of hydrogen-bond acceptors (Lipinski definition) is 2. The molecule has 0 saturated carbocycles. The van der Waals surface area contributed by atoms with E-state index in [0.717, 1.165) is 4.90 Å². The van der Waals surface area contributed by atoms with E-state index in [-0.39, 0.29) is 11.3 Å². The normalized spacial score (nSPS) is 11.2. The maximum Gasteiger partial charge on any atom is 0.389 e. The molecule has 0 saturated heterocycles. The minimum absolute atomic E-state index is 0.0715. The maximum absolute atomic E-state index is 12.0. The average molecular weight is 275 g/mol. The Morgan fingerprint density at radius 2 is 1.84 bits per heavy atom. The Morgan fingerprint density at radius 3 is 2.37 bits per heavy atom. The maximum atomic E-state index is 12.0. The third kappa shape index (κ3) is 4.27. The molecule has 7 heteroatoms. The molecule has 19 heavy (non-hydrogen) atoms. The van der Waals surface area contributed by atoms with Gasteiger partial charge in [0.1, 0.15) is 0 Å². The van der Waals surface area contributed by atoms with Crippen LogP contribution in [0.15, 0.2) is 24.3 Å². The Kier molecular flexibility index (Phi) is 4.52. The van der Waals surface area contributed by atoms with Crippen molar-refractivity contribution in [2.75, 3.05) is 11.9 Å². The molecule has 1 N–H and O–H groups in total. The number of carbonyl (C=O) groups excluding carboxylic acids is 1. The molecule has 4 nitrogen and oxygen atoms in total. The number of alkyl halides is 3. The molecular formula is C12H12F3NO3. The minimum atomic E-state index is -4.41. The Morgan fingerprint density at radius 1 is 1.26 bits per heavy atom. The van der Waals surface area contributed by atoms with Gasteiger partial charge in [-0.3, -0.25) is 4.79 Å². The molecule has 1 aromatic carbocycles. The summed E-state index contributed by atoms with van der Waals surface area (Å²) in [4.78, 5) is 23.5. The third-order valence-corrected chi connectivity index (χ3v) is 2.49. The largest absolute Gasteiger partial charge is 0.478 e. The molecule has 0 atom stereocenters. The minimum Gasteiger partial charge on any atom is -0.478 e. The van der Waals surface area contributed by atoms with Crippen molar-refractivity contribution in [1.29, 1.82) is 0 Å². The summed E-state index contributed by atoms with van der Waals surface area (Å²) < 4.78 is 36.1. The summed E-state index contributed by atoms with van der Waals surface area (Å²) in [5.74, 6) is -2.03. The highest BCUT2D eigenvalue weighted by atomic mass is 19.4. The van der Waals surface area contributed by atoms with E-state index in [2.05, 4.69) is 0 Å². The third-order valence-electron chi connectivity index (χ3n) is 2.49. The lowest BCUT2D eigenvalue weighted by molar-refractivity contribution is -0.142. The molecule has 0 bridgehead atoms. The number of amides is 1. The molecule has 0 fully saturated rings. The highest BCUT2D eigenvalue weighted by Crippen LogP contribution is 2.24. The van der Waals surface area contributed by atoms with Gasteiger partial charge in [0.05, 0.1) is 17.7 Å². The fourth-order valence-corrected chi connectivity index (χ4v) is 1.50. The van der Waals surface area contributed by atoms with Crippen molar-refractivity contribution in [2.45, 2.75) is 19.0 Å². The second kappa shape index (κ2) is 5.73. The molecule has 1 rings (SSSR count). The summed E-state index contributed by atoms with van der Waals surface area (Å²) in [6.07, 6.45) is -6.36. The predicted octanol–water partition coefficient (Wildman–Crippen LogP) is 2.69. The van der Waals surface area contributed by atoms with Gasteiger partial charge < -0.3 is 10.0 Å². The molecule has 104 valence electrons. The Hall–Kier alpha value is -2.05. The van der Waals surface area contributed by atoms with Gasteiger partial charge in [0.25, 0.3) is 0 Å². The van der Waals surface area contributed by atoms with E-state index < -0.39 is 30.9 Å². The fourth-order valence-electron chi connectivity index (χ4n) is 1.50. The number of carbonyl (C=O) groups is 2. The molecule has 1 amide bonds. The van der Waals surface area contributed by atoms with Crippen LogP contribution >= 0.6 is 0 Å². The van der Waals surface area contributed by atoms with E-state index in [9.17, 15) is 22.8 Å². The fraction of sp³-hybridized carbons (Fsp3) is 0.333. The van der Waals surface area contributed by atoms with E-state index >= 15 is 0 Å². The molecule has 0 heterocycles. The van der Waals surface area contributed by atoms with Crippen LogP contribution in [0, 0.1) is 0 Å². The second-order valence-electron chi connectivity index (χ2n) is 3.89. The number of rotatable bonds is 4. The molecular weight excluding hydrogens is 263 g/mol. The van der Waals surface area contributed by atoms with E-state index in [0.29, 0.717) is 0 Å². The van der Waals surface area contributed by atoms with E-state index in [1.807, 2.05) is 0 Å². The van der Waals surface area contributed by atoms with Gasteiger partial charge in [0, 0.05) is 13.5 Å². The zero-order valence-corrected chi connectivity index (χ0v) is 10.1. The van der Waals surface area contributed by atoms with Gasteiger partial charge in [-0.2, -0.15) is 13.2 Å². The van der Waals surface area contributed by atoms with Gasteiger partial charge in [0.2, 0.25) is 5.91 Å². The summed E-state index contributed by atoms with van der Waals surface area (Å²) in [6, 6.07) is 5.64. The van der Waals surface area contributed by atoms with Gasteiger partial charge in [0.15, 0.2) is 0 Å². The van der Waals surface area contributed by atoms with Crippen LogP contribution in [0.25, 0.3) is 0 Å². The Balaban J connectivity index is 2.86. The van der Waals surface area contributed by atoms with Gasteiger partial charge in [-0.15, -0.1) is 0 Å². The van der Waals surface area contributed by atoms with Crippen molar-refractivity contribution in [2.24, 2.45) is 0 Å². The summed E-state index contributed by atoms with van der Waals surface area (Å²) in [6.45, 7) is 0. The topological polar surface area (TPSA) is 57.6 Å². The number of anilines is 1. The number of para-hydroxylation sites is 1. The highest BCUT2D eigenvalue weighted by Gasteiger charge is 2.29. The van der Waals surface area contributed by atoms with Crippen molar-refractivity contribution >= 4 is 17.6 Å². The monoisotopic (exact) mass is 275 g/mol. The molecule has 1 aromatic rings. The first-order valence-corrected chi connectivity index (χ1v) is 5.38. The lowest BCUT2D eigenvalue weighted by Crippen LogP contribution is -2.29. The van der Waals surface area contributed by atoms with Crippen molar-refractivity contribution < 1.29 is 27.9 Å². The van der Waals surface area contributed by atoms with Crippen LogP contribution in [0.1, 0.15) is 23.2 Å². The quantitative estimate of drug-likeness (QED) is 0.919. The lowest BCUT2D eigenvalue weighted by atomic mass is 10.1. The van der Waals surface area contributed by atoms with Crippen molar-refractivity contribution in [1.82, 2.24) is 0 Å². The molecule has 0 radical (unpaired) electrons. The number of carboxylic acids is 1. The van der Waals surface area contributed by atoms with E-state index in [1.165, 1.54) is 31.3 Å². The zero-order valence-electron chi connectivity index (χ0n) is 10.1. The van der Waals surface area contributed by atoms with Gasteiger partial charge >= 0.3 is 12.1 Å². The summed E-state index contributed by atoms with van der Waals surface area (Å²) >= 11 is 0. The van der Waals surface area contributed by atoms with Crippen molar-refractivity contribution in [3.63, 3.8) is 0 Å². The van der Waals surface area contributed by atoms with Crippen LogP contribution in [0.4, 0.5) is 18.9 Å². The van der Waals surface area contributed by atoms with E-state index in [4.69, 9.17) is 5.11 Å². The first-order valence-electron chi connectivity index (χ1n) is 5.38. The van der Waals surface area contributed by atoms with Gasteiger partial charge in [-0.05, 0) is 12.1 Å². The standard InChI is InChI=1S/C12H12F3NO3/c1-16(10(17)6-7-12(13,14)15)9-5-3-2-4-8(9)11(18)19/h2-5H,6-7H2,1H3,(H,18,19). The lowest BCUT2D eigenvalue weighted by Gasteiger charge is -2.19. The van der Waals surface area contributed by atoms with Crippen LogP contribution < -0.4 is 4.90 Å². The number of benzene rings is 1. The number of nitrogens with zero attached hydrogens (tertiary/aromatic N) is 1. The number of hydrogen-bond donors (Lipinski definition) is 1. The first kappa shape index (κ1) is 15.0. The van der Waals surface area contributed by atoms with Crippen molar-refractivity contribution in [3.05, 3.63) is 29.8 Å². The van der Waals surface area contributed by atoms with Gasteiger partial charge in [-0.25, -0.2) is 4.79 Å². The summed E-state index contributed by atoms with van der Waals surface area (Å²) in [7, 11) is 1.25. The summed E-state index contributed by atoms with van der Waals surface area (Å²) in [5, 5.41) is 8.94. The summed E-state index contributed by atoms with van der Waals surface area (Å²) in [5.41, 5.74) is -0.0625. The van der Waals surface area contributed by atoms with E-state index in [1.54, 1.807) is 0 Å². The number of carboxylic acid groups (broad SMARTS) is 1. The highest BCUT2D eigenvalue weighted by molar-refractivity contribution is 6.01.